The number of rotatable bonds is 5. The lowest BCUT2D eigenvalue weighted by atomic mass is 10.2. The molecule has 0 saturated carbocycles. The van der Waals surface area contributed by atoms with E-state index in [1.165, 1.54) is 0 Å². The van der Waals surface area contributed by atoms with E-state index in [1.54, 1.807) is 18.1 Å². The molecule has 5 nitrogen and oxygen atoms in total. The molecule has 1 atom stereocenters. The van der Waals surface area contributed by atoms with Crippen LogP contribution in [0.4, 0.5) is 0 Å². The van der Waals surface area contributed by atoms with Gasteiger partial charge in [0.25, 0.3) is 5.91 Å². The number of methoxy groups -OCH3 is 1. The van der Waals surface area contributed by atoms with Gasteiger partial charge < -0.3 is 18.8 Å². The first-order valence-electron chi connectivity index (χ1n) is 6.27. The molecule has 6 heteroatoms. The van der Waals surface area contributed by atoms with E-state index in [-0.39, 0.29) is 11.9 Å². The second-order valence-electron chi connectivity index (χ2n) is 4.58. The SMILES string of the molecule is COCCN(C(=O)c1cc(C)c(Br)o1)C1CCOC1. The fourth-order valence-electron chi connectivity index (χ4n) is 2.11. The van der Waals surface area contributed by atoms with Crippen molar-refractivity contribution < 1.29 is 18.7 Å². The first kappa shape index (κ1) is 14.6. The smallest absolute Gasteiger partial charge is 0.290 e. The van der Waals surface area contributed by atoms with Crippen molar-refractivity contribution in [1.82, 2.24) is 4.90 Å². The van der Waals surface area contributed by atoms with Gasteiger partial charge in [0.2, 0.25) is 0 Å². The average Bonchev–Trinajstić information content (AvgIpc) is 3.01. The Morgan fingerprint density at radius 1 is 1.63 bits per heavy atom. The summed E-state index contributed by atoms with van der Waals surface area (Å²) in [5.41, 5.74) is 0.915. The molecule has 0 aromatic carbocycles. The van der Waals surface area contributed by atoms with Gasteiger partial charge in [-0.2, -0.15) is 0 Å². The Balaban J connectivity index is 2.14. The highest BCUT2D eigenvalue weighted by Gasteiger charge is 2.29. The highest BCUT2D eigenvalue weighted by molar-refractivity contribution is 9.10. The molecule has 19 heavy (non-hydrogen) atoms. The Bertz CT molecular complexity index is 420. The molecule has 1 aromatic rings. The molecule has 0 bridgehead atoms. The summed E-state index contributed by atoms with van der Waals surface area (Å²) >= 11 is 3.28. The average molecular weight is 332 g/mol. The number of carbonyl (C=O) groups excluding carboxylic acids is 1. The zero-order valence-corrected chi connectivity index (χ0v) is 12.7. The molecule has 1 aliphatic heterocycles. The largest absolute Gasteiger partial charge is 0.444 e. The van der Waals surface area contributed by atoms with Crippen molar-refractivity contribution in [3.63, 3.8) is 0 Å². The molecule has 2 rings (SSSR count). The standard InChI is InChI=1S/C13H18BrNO4/c1-9-7-11(19-12(9)14)13(16)15(4-6-17-2)10-3-5-18-8-10/h7,10H,3-6,8H2,1-2H3. The maximum atomic E-state index is 12.5. The first-order valence-corrected chi connectivity index (χ1v) is 7.06. The Labute approximate surface area is 121 Å². The van der Waals surface area contributed by atoms with Gasteiger partial charge in [0.05, 0.1) is 19.3 Å². The summed E-state index contributed by atoms with van der Waals surface area (Å²) < 4.78 is 16.5. The van der Waals surface area contributed by atoms with E-state index in [4.69, 9.17) is 13.9 Å². The number of furan rings is 1. The molecule has 106 valence electrons. The van der Waals surface area contributed by atoms with Crippen LogP contribution < -0.4 is 0 Å². The number of ether oxygens (including phenoxy) is 2. The van der Waals surface area contributed by atoms with Gasteiger partial charge in [0.15, 0.2) is 10.4 Å². The molecule has 2 heterocycles. The van der Waals surface area contributed by atoms with E-state index >= 15 is 0 Å². The molecule has 1 amide bonds. The van der Waals surface area contributed by atoms with Crippen LogP contribution in [0.25, 0.3) is 0 Å². The number of hydrogen-bond donors (Lipinski definition) is 0. The summed E-state index contributed by atoms with van der Waals surface area (Å²) in [7, 11) is 1.63. The second kappa shape index (κ2) is 6.54. The van der Waals surface area contributed by atoms with Crippen LogP contribution in [0.3, 0.4) is 0 Å². The van der Waals surface area contributed by atoms with Gasteiger partial charge in [-0.15, -0.1) is 0 Å². The molecular formula is C13H18BrNO4. The molecule has 1 fully saturated rings. The number of aryl methyl sites for hydroxylation is 1. The zero-order valence-electron chi connectivity index (χ0n) is 11.1. The quantitative estimate of drug-likeness (QED) is 0.830. The Kier molecular flexibility index (Phi) is 5.01. The van der Waals surface area contributed by atoms with Crippen LogP contribution in [-0.2, 0) is 9.47 Å². The second-order valence-corrected chi connectivity index (χ2v) is 5.30. The van der Waals surface area contributed by atoms with Crippen LogP contribution in [0.15, 0.2) is 15.2 Å². The highest BCUT2D eigenvalue weighted by atomic mass is 79.9. The monoisotopic (exact) mass is 331 g/mol. The van der Waals surface area contributed by atoms with Crippen LogP contribution in [0.5, 0.6) is 0 Å². The predicted octanol–water partition coefficient (Wildman–Crippen LogP) is 2.23. The van der Waals surface area contributed by atoms with Gasteiger partial charge in [-0.25, -0.2) is 0 Å². The van der Waals surface area contributed by atoms with Crippen LogP contribution in [0.2, 0.25) is 0 Å². The summed E-state index contributed by atoms with van der Waals surface area (Å²) in [5, 5.41) is 0. The van der Waals surface area contributed by atoms with Crippen molar-refractivity contribution in [2.75, 3.05) is 33.5 Å². The van der Waals surface area contributed by atoms with Crippen molar-refractivity contribution >= 4 is 21.8 Å². The zero-order chi connectivity index (χ0) is 13.8. The van der Waals surface area contributed by atoms with Crippen molar-refractivity contribution in [2.45, 2.75) is 19.4 Å². The maximum absolute atomic E-state index is 12.5. The predicted molar refractivity (Wildman–Crippen MR) is 73.3 cm³/mol. The minimum atomic E-state index is -0.110. The topological polar surface area (TPSA) is 51.9 Å². The van der Waals surface area contributed by atoms with Crippen LogP contribution in [0, 0.1) is 6.92 Å². The van der Waals surface area contributed by atoms with E-state index < -0.39 is 0 Å². The third-order valence-corrected chi connectivity index (χ3v) is 4.00. The highest BCUT2D eigenvalue weighted by Crippen LogP contribution is 2.23. The fraction of sp³-hybridized carbons (Fsp3) is 0.615. The van der Waals surface area contributed by atoms with Gasteiger partial charge in [-0.1, -0.05) is 0 Å². The van der Waals surface area contributed by atoms with Crippen molar-refractivity contribution in [1.29, 1.82) is 0 Å². The van der Waals surface area contributed by atoms with Gasteiger partial charge in [-0.3, -0.25) is 4.79 Å². The summed E-state index contributed by atoms with van der Waals surface area (Å²) in [4.78, 5) is 14.3. The van der Waals surface area contributed by atoms with Crippen molar-refractivity contribution in [2.24, 2.45) is 0 Å². The summed E-state index contributed by atoms with van der Waals surface area (Å²) in [5.74, 6) is 0.244. The first-order chi connectivity index (χ1) is 9.13. The van der Waals surface area contributed by atoms with Gasteiger partial charge >= 0.3 is 0 Å². The van der Waals surface area contributed by atoms with Crippen molar-refractivity contribution in [3.05, 3.63) is 22.1 Å². The lowest BCUT2D eigenvalue weighted by Crippen LogP contribution is -2.42. The third kappa shape index (κ3) is 3.38. The minimum Gasteiger partial charge on any atom is -0.444 e. The molecule has 1 aromatic heterocycles. The summed E-state index contributed by atoms with van der Waals surface area (Å²) in [6.45, 7) is 4.21. The Morgan fingerprint density at radius 3 is 2.95 bits per heavy atom. The number of halogens is 1. The van der Waals surface area contributed by atoms with E-state index in [0.717, 1.165) is 12.0 Å². The molecule has 1 saturated heterocycles. The van der Waals surface area contributed by atoms with E-state index in [9.17, 15) is 4.79 Å². The van der Waals surface area contributed by atoms with Crippen LogP contribution in [0.1, 0.15) is 22.5 Å². The molecule has 0 radical (unpaired) electrons. The normalized spacial score (nSPS) is 18.8. The van der Waals surface area contributed by atoms with E-state index in [0.29, 0.717) is 36.8 Å². The fourth-order valence-corrected chi connectivity index (χ4v) is 2.40. The molecular weight excluding hydrogens is 314 g/mol. The number of amides is 1. The minimum absolute atomic E-state index is 0.104. The van der Waals surface area contributed by atoms with Crippen molar-refractivity contribution in [3.8, 4) is 0 Å². The molecule has 1 unspecified atom stereocenters. The lowest BCUT2D eigenvalue weighted by Gasteiger charge is -2.26. The summed E-state index contributed by atoms with van der Waals surface area (Å²) in [6, 6.07) is 1.86. The maximum Gasteiger partial charge on any atom is 0.290 e. The van der Waals surface area contributed by atoms with Gasteiger partial charge in [0, 0.05) is 25.8 Å². The Morgan fingerprint density at radius 2 is 2.42 bits per heavy atom. The Hall–Kier alpha value is -0.850. The number of hydrogen-bond acceptors (Lipinski definition) is 4. The molecule has 0 aliphatic carbocycles. The van der Waals surface area contributed by atoms with Crippen LogP contribution in [-0.4, -0.2) is 50.3 Å². The molecule has 0 N–H and O–H groups in total. The van der Waals surface area contributed by atoms with Gasteiger partial charge in [0.1, 0.15) is 0 Å². The number of carbonyl (C=O) groups is 1. The van der Waals surface area contributed by atoms with Gasteiger partial charge in [-0.05, 0) is 35.3 Å². The summed E-state index contributed by atoms with van der Waals surface area (Å²) in [6.07, 6.45) is 0.857. The number of nitrogens with zero attached hydrogens (tertiary/aromatic N) is 1. The third-order valence-electron chi connectivity index (χ3n) is 3.21. The molecule has 0 spiro atoms. The lowest BCUT2D eigenvalue weighted by molar-refractivity contribution is 0.0544. The van der Waals surface area contributed by atoms with Crippen LogP contribution >= 0.6 is 15.9 Å². The van der Waals surface area contributed by atoms with E-state index in [1.807, 2.05) is 6.92 Å². The van der Waals surface area contributed by atoms with E-state index in [2.05, 4.69) is 15.9 Å². The molecule has 1 aliphatic rings.